The average molecular weight is 409 g/mol. The molecule has 0 amide bonds. The Morgan fingerprint density at radius 3 is 2.24 bits per heavy atom. The zero-order chi connectivity index (χ0) is 21.4. The minimum absolute atomic E-state index is 0.0860. The first-order valence-corrected chi connectivity index (χ1v) is 10.0. The van der Waals surface area contributed by atoms with E-state index in [1.807, 2.05) is 46.1 Å². The molecule has 158 valence electrons. The van der Waals surface area contributed by atoms with Gasteiger partial charge in [-0.15, -0.1) is 0 Å². The summed E-state index contributed by atoms with van der Waals surface area (Å²) in [4.78, 5) is 5.94. The maximum absolute atomic E-state index is 15.0. The Morgan fingerprint density at radius 1 is 1.10 bits per heavy atom. The Labute approximate surface area is 169 Å². The molecule has 2 aromatic rings. The quantitative estimate of drug-likeness (QED) is 0.721. The summed E-state index contributed by atoms with van der Waals surface area (Å²) in [7, 11) is -0.714. The van der Waals surface area contributed by atoms with Crippen molar-refractivity contribution in [2.75, 3.05) is 18.0 Å². The Balaban J connectivity index is 1.81. The number of hydrogen-bond acceptors (Lipinski definition) is 4. The Kier molecular flexibility index (Phi) is 4.52. The third-order valence-electron chi connectivity index (χ3n) is 6.25. The summed E-state index contributed by atoms with van der Waals surface area (Å²) in [6.45, 7) is 11.4. The number of rotatable bonds is 3. The largest absolute Gasteiger partial charge is 0.495 e. The van der Waals surface area contributed by atoms with E-state index in [2.05, 4.69) is 4.98 Å². The minimum atomic E-state index is -2.76. The summed E-state index contributed by atoms with van der Waals surface area (Å²) < 4.78 is 56.5. The Morgan fingerprint density at radius 2 is 1.72 bits per heavy atom. The van der Waals surface area contributed by atoms with Crippen molar-refractivity contribution in [1.82, 2.24) is 9.55 Å². The van der Waals surface area contributed by atoms with E-state index in [-0.39, 0.29) is 24.5 Å². The Bertz CT molecular complexity index is 942. The molecule has 0 saturated carbocycles. The highest BCUT2D eigenvalue weighted by Gasteiger charge is 2.52. The molecule has 9 heteroatoms. The number of fused-ring (bicyclic) bond motifs is 1. The van der Waals surface area contributed by atoms with E-state index < -0.39 is 36.6 Å². The van der Waals surface area contributed by atoms with E-state index in [9.17, 15) is 8.78 Å². The first-order chi connectivity index (χ1) is 13.3. The molecule has 0 N–H and O–H groups in total. The van der Waals surface area contributed by atoms with Crippen molar-refractivity contribution < 1.29 is 22.5 Å². The highest BCUT2D eigenvalue weighted by molar-refractivity contribution is 6.62. The number of aromatic nitrogens is 2. The topological polar surface area (TPSA) is 39.5 Å². The summed E-state index contributed by atoms with van der Waals surface area (Å²) in [5, 5.41) is 0. The van der Waals surface area contributed by atoms with E-state index in [1.54, 1.807) is 6.07 Å². The van der Waals surface area contributed by atoms with Crippen molar-refractivity contribution in [3.63, 3.8) is 0 Å². The van der Waals surface area contributed by atoms with Gasteiger partial charge < -0.3 is 18.8 Å². The maximum atomic E-state index is 15.0. The number of anilines is 1. The summed E-state index contributed by atoms with van der Waals surface area (Å²) >= 11 is 0. The van der Waals surface area contributed by atoms with Crippen LogP contribution in [0.1, 0.15) is 54.0 Å². The van der Waals surface area contributed by atoms with Crippen molar-refractivity contribution >= 4 is 29.6 Å². The first-order valence-electron chi connectivity index (χ1n) is 10.0. The van der Waals surface area contributed by atoms with Gasteiger partial charge in [0.25, 0.3) is 5.92 Å². The van der Waals surface area contributed by atoms with Crippen LogP contribution in [0.3, 0.4) is 0 Å². The molecule has 2 aliphatic heterocycles. The van der Waals surface area contributed by atoms with Crippen molar-refractivity contribution in [3.05, 3.63) is 17.9 Å². The number of halogens is 3. The zero-order valence-electron chi connectivity index (χ0n) is 17.7. The van der Waals surface area contributed by atoms with E-state index in [0.717, 1.165) is 0 Å². The summed E-state index contributed by atoms with van der Waals surface area (Å²) in [5.74, 6) is -2.90. The van der Waals surface area contributed by atoms with Crippen molar-refractivity contribution in [1.29, 1.82) is 0 Å². The minimum Gasteiger partial charge on any atom is -0.399 e. The van der Waals surface area contributed by atoms with Crippen LogP contribution in [0.15, 0.2) is 12.1 Å². The summed E-state index contributed by atoms with van der Waals surface area (Å²) in [6.07, 6.45) is -0.226. The fourth-order valence-corrected chi connectivity index (χ4v) is 3.91. The predicted octanol–water partition coefficient (Wildman–Crippen LogP) is 3.90. The van der Waals surface area contributed by atoms with Crippen LogP contribution in [0.2, 0.25) is 0 Å². The second-order valence-corrected chi connectivity index (χ2v) is 9.36. The molecular formula is C20H27BF3N3O2. The van der Waals surface area contributed by atoms with Crippen molar-refractivity contribution in [2.24, 2.45) is 0 Å². The lowest BCUT2D eigenvalue weighted by Crippen LogP contribution is -2.41. The number of alkyl halides is 2. The van der Waals surface area contributed by atoms with Crippen LogP contribution < -0.4 is 10.4 Å². The molecule has 0 atom stereocenters. The van der Waals surface area contributed by atoms with Gasteiger partial charge in [0.05, 0.1) is 23.3 Å². The monoisotopic (exact) mass is 409 g/mol. The third-order valence-corrected chi connectivity index (χ3v) is 6.25. The van der Waals surface area contributed by atoms with Crippen molar-refractivity contribution in [2.45, 2.75) is 71.1 Å². The fourth-order valence-electron chi connectivity index (χ4n) is 3.91. The molecule has 1 aromatic carbocycles. The molecule has 3 heterocycles. The Hall–Kier alpha value is -1.74. The predicted molar refractivity (Wildman–Crippen MR) is 108 cm³/mol. The second-order valence-electron chi connectivity index (χ2n) is 9.36. The van der Waals surface area contributed by atoms with Crippen LogP contribution in [-0.4, -0.2) is 46.9 Å². The fraction of sp³-hybridized carbons (Fsp3) is 0.650. The summed E-state index contributed by atoms with van der Waals surface area (Å²) in [6, 6.07) is 3.08. The van der Waals surface area contributed by atoms with Crippen molar-refractivity contribution in [3.8, 4) is 0 Å². The van der Waals surface area contributed by atoms with Gasteiger partial charge in [-0.25, -0.2) is 18.2 Å². The molecule has 0 radical (unpaired) electrons. The van der Waals surface area contributed by atoms with Crippen LogP contribution >= 0.6 is 0 Å². The molecule has 1 aromatic heterocycles. The number of imidazole rings is 1. The molecule has 29 heavy (non-hydrogen) atoms. The van der Waals surface area contributed by atoms with Gasteiger partial charge in [0.2, 0.25) is 5.95 Å². The van der Waals surface area contributed by atoms with Gasteiger partial charge in [0.1, 0.15) is 5.52 Å². The SMILES string of the molecule is CC(C)n1c(N2CCC(F)(F)C2)nc2c(F)cc(B3OC(C)(C)C(C)(C)O3)cc21. The van der Waals surface area contributed by atoms with E-state index >= 15 is 4.39 Å². The maximum Gasteiger partial charge on any atom is 0.495 e. The molecular weight excluding hydrogens is 382 g/mol. The molecule has 0 bridgehead atoms. The van der Waals surface area contributed by atoms with Gasteiger partial charge in [-0.1, -0.05) is 0 Å². The van der Waals surface area contributed by atoms with Gasteiger partial charge in [0, 0.05) is 19.0 Å². The highest BCUT2D eigenvalue weighted by atomic mass is 19.3. The van der Waals surface area contributed by atoms with E-state index in [1.165, 1.54) is 11.0 Å². The smallest absolute Gasteiger partial charge is 0.399 e. The lowest BCUT2D eigenvalue weighted by atomic mass is 9.79. The molecule has 4 rings (SSSR count). The summed E-state index contributed by atoms with van der Waals surface area (Å²) in [5.41, 5.74) is 0.175. The van der Waals surface area contributed by atoms with Gasteiger partial charge in [-0.05, 0) is 59.1 Å². The number of benzene rings is 1. The molecule has 2 aliphatic rings. The van der Waals surface area contributed by atoms with Gasteiger partial charge >= 0.3 is 7.12 Å². The van der Waals surface area contributed by atoms with Crippen LogP contribution in [0.25, 0.3) is 11.0 Å². The molecule has 5 nitrogen and oxygen atoms in total. The van der Waals surface area contributed by atoms with Gasteiger partial charge in [-0.3, -0.25) is 0 Å². The van der Waals surface area contributed by atoms with E-state index in [0.29, 0.717) is 16.9 Å². The first kappa shape index (κ1) is 20.5. The van der Waals surface area contributed by atoms with Crippen LogP contribution in [0.4, 0.5) is 19.1 Å². The molecule has 2 fully saturated rings. The number of nitrogens with zero attached hydrogens (tertiary/aromatic N) is 3. The average Bonchev–Trinajstić information content (AvgIpc) is 3.19. The third kappa shape index (κ3) is 3.32. The zero-order valence-corrected chi connectivity index (χ0v) is 17.7. The second kappa shape index (κ2) is 6.38. The molecule has 0 unspecified atom stereocenters. The van der Waals surface area contributed by atoms with Gasteiger partial charge in [0.15, 0.2) is 5.82 Å². The van der Waals surface area contributed by atoms with Crippen LogP contribution in [0, 0.1) is 5.82 Å². The number of hydrogen-bond donors (Lipinski definition) is 0. The molecule has 0 aliphatic carbocycles. The lowest BCUT2D eigenvalue weighted by Gasteiger charge is -2.32. The highest BCUT2D eigenvalue weighted by Crippen LogP contribution is 2.38. The van der Waals surface area contributed by atoms with E-state index in [4.69, 9.17) is 9.31 Å². The molecule has 0 spiro atoms. The normalized spacial score (nSPS) is 23.0. The van der Waals surface area contributed by atoms with Gasteiger partial charge in [-0.2, -0.15) is 0 Å². The lowest BCUT2D eigenvalue weighted by molar-refractivity contribution is 0.00578. The van der Waals surface area contributed by atoms with Crippen LogP contribution in [-0.2, 0) is 9.31 Å². The standard InChI is InChI=1S/C20H27BF3N3O2/c1-12(2)27-15-10-13(21-28-18(3,4)19(5,6)29-21)9-14(22)16(15)25-17(27)26-8-7-20(23,24)11-26/h9-10,12H,7-8,11H2,1-6H3. The molecule has 2 saturated heterocycles. The van der Waals surface area contributed by atoms with Crippen LogP contribution in [0.5, 0.6) is 0 Å².